The highest BCUT2D eigenvalue weighted by molar-refractivity contribution is 5.50. The Hall–Kier alpha value is -2.37. The molecule has 19 heavy (non-hydrogen) atoms. The van der Waals surface area contributed by atoms with Crippen molar-refractivity contribution in [2.24, 2.45) is 0 Å². The van der Waals surface area contributed by atoms with Crippen molar-refractivity contribution < 1.29 is 0 Å². The molecule has 2 aromatic rings. The molecule has 0 aromatic carbocycles. The van der Waals surface area contributed by atoms with Crippen LogP contribution in [0.2, 0.25) is 0 Å². The Balaban J connectivity index is 1.92. The van der Waals surface area contributed by atoms with Gasteiger partial charge < -0.3 is 16.4 Å². The lowest BCUT2D eigenvalue weighted by atomic mass is 10.2. The second kappa shape index (κ2) is 6.53. The Kier molecular flexibility index (Phi) is 4.49. The van der Waals surface area contributed by atoms with Crippen LogP contribution in [0.15, 0.2) is 30.6 Å². The summed E-state index contributed by atoms with van der Waals surface area (Å²) in [6.07, 6.45) is 4.51. The molecule has 0 saturated heterocycles. The minimum absolute atomic E-state index is 0.266. The van der Waals surface area contributed by atoms with E-state index in [9.17, 15) is 0 Å². The predicted molar refractivity (Wildman–Crippen MR) is 77.0 cm³/mol. The number of pyridine rings is 1. The number of hydrogen-bond donors (Lipinski definition) is 3. The monoisotopic (exact) mass is 258 g/mol. The fraction of sp³-hybridized carbons (Fsp3) is 0.308. The largest absolute Gasteiger partial charge is 0.370 e. The standard InChI is InChI=1S/C13H18N6/c1-2-16-11-8-12(19-13(14)18-11)17-7-5-10-4-3-6-15-9-10/h3-4,6,8-9H,2,5,7H2,1H3,(H4,14,16,17,18,19). The normalized spacial score (nSPS) is 10.2. The highest BCUT2D eigenvalue weighted by Gasteiger charge is 2.01. The molecule has 0 aliphatic heterocycles. The summed E-state index contributed by atoms with van der Waals surface area (Å²) in [5.41, 5.74) is 6.84. The van der Waals surface area contributed by atoms with E-state index >= 15 is 0 Å². The topological polar surface area (TPSA) is 88.8 Å². The highest BCUT2D eigenvalue weighted by Crippen LogP contribution is 2.12. The maximum Gasteiger partial charge on any atom is 0.223 e. The molecule has 2 rings (SSSR count). The van der Waals surface area contributed by atoms with Crippen molar-refractivity contribution in [1.82, 2.24) is 15.0 Å². The molecule has 2 aromatic heterocycles. The van der Waals surface area contributed by atoms with Gasteiger partial charge >= 0.3 is 0 Å². The summed E-state index contributed by atoms with van der Waals surface area (Å²) in [5, 5.41) is 6.35. The number of anilines is 3. The first-order chi connectivity index (χ1) is 9.28. The molecule has 0 aliphatic carbocycles. The lowest BCUT2D eigenvalue weighted by molar-refractivity contribution is 0.989. The molecular formula is C13H18N6. The Morgan fingerprint density at radius 3 is 2.68 bits per heavy atom. The summed E-state index contributed by atoms with van der Waals surface area (Å²) >= 11 is 0. The number of nitrogens with zero attached hydrogens (tertiary/aromatic N) is 3. The van der Waals surface area contributed by atoms with Crippen LogP contribution in [0.4, 0.5) is 17.6 Å². The van der Waals surface area contributed by atoms with E-state index in [1.54, 1.807) is 6.20 Å². The van der Waals surface area contributed by atoms with Crippen LogP contribution in [0.3, 0.4) is 0 Å². The van der Waals surface area contributed by atoms with Gasteiger partial charge in [-0.05, 0) is 25.0 Å². The molecule has 0 amide bonds. The van der Waals surface area contributed by atoms with Gasteiger partial charge in [-0.1, -0.05) is 6.07 Å². The van der Waals surface area contributed by atoms with Crippen molar-refractivity contribution >= 4 is 17.6 Å². The molecular weight excluding hydrogens is 240 g/mol. The first-order valence-corrected chi connectivity index (χ1v) is 6.29. The van der Waals surface area contributed by atoms with Crippen LogP contribution in [0, 0.1) is 0 Å². The zero-order valence-corrected chi connectivity index (χ0v) is 10.9. The van der Waals surface area contributed by atoms with Crippen molar-refractivity contribution in [3.05, 3.63) is 36.2 Å². The SMILES string of the molecule is CCNc1cc(NCCc2cccnc2)nc(N)n1. The van der Waals surface area contributed by atoms with E-state index in [0.29, 0.717) is 0 Å². The Morgan fingerprint density at radius 1 is 1.21 bits per heavy atom. The molecule has 0 unspecified atom stereocenters. The highest BCUT2D eigenvalue weighted by atomic mass is 15.1. The summed E-state index contributed by atoms with van der Waals surface area (Å²) in [6, 6.07) is 5.83. The van der Waals surface area contributed by atoms with E-state index in [2.05, 4.69) is 25.6 Å². The van der Waals surface area contributed by atoms with Crippen molar-refractivity contribution in [2.45, 2.75) is 13.3 Å². The first-order valence-electron chi connectivity index (χ1n) is 6.29. The van der Waals surface area contributed by atoms with Gasteiger partial charge in [0.25, 0.3) is 0 Å². The molecule has 0 bridgehead atoms. The Bertz CT molecular complexity index is 514. The molecule has 100 valence electrons. The van der Waals surface area contributed by atoms with Gasteiger partial charge in [0.2, 0.25) is 5.95 Å². The van der Waals surface area contributed by atoms with Gasteiger partial charge in [0.1, 0.15) is 11.6 Å². The van der Waals surface area contributed by atoms with Crippen molar-refractivity contribution in [3.8, 4) is 0 Å². The molecule has 0 spiro atoms. The third-order valence-electron chi connectivity index (χ3n) is 2.54. The lowest BCUT2D eigenvalue weighted by Crippen LogP contribution is -2.10. The van der Waals surface area contributed by atoms with Crippen LogP contribution in [-0.2, 0) is 6.42 Å². The van der Waals surface area contributed by atoms with Crippen LogP contribution in [-0.4, -0.2) is 28.0 Å². The molecule has 6 heteroatoms. The number of nitrogens with one attached hydrogen (secondary N) is 2. The van der Waals surface area contributed by atoms with Crippen molar-refractivity contribution in [3.63, 3.8) is 0 Å². The number of rotatable bonds is 6. The minimum atomic E-state index is 0.266. The third-order valence-corrected chi connectivity index (χ3v) is 2.54. The summed E-state index contributed by atoms with van der Waals surface area (Å²) in [7, 11) is 0. The quantitative estimate of drug-likeness (QED) is 0.728. The number of hydrogen-bond acceptors (Lipinski definition) is 6. The zero-order valence-electron chi connectivity index (χ0n) is 10.9. The molecule has 6 nitrogen and oxygen atoms in total. The third kappa shape index (κ3) is 4.09. The van der Waals surface area contributed by atoms with Crippen molar-refractivity contribution in [1.29, 1.82) is 0 Å². The molecule has 2 heterocycles. The van der Waals surface area contributed by atoms with Crippen LogP contribution in [0.25, 0.3) is 0 Å². The van der Waals surface area contributed by atoms with Gasteiger partial charge in [-0.2, -0.15) is 9.97 Å². The van der Waals surface area contributed by atoms with Gasteiger partial charge in [-0.15, -0.1) is 0 Å². The van der Waals surface area contributed by atoms with Crippen LogP contribution in [0.5, 0.6) is 0 Å². The van der Waals surface area contributed by atoms with E-state index in [1.807, 2.05) is 31.3 Å². The fourth-order valence-corrected chi connectivity index (χ4v) is 1.71. The average molecular weight is 258 g/mol. The molecule has 0 radical (unpaired) electrons. The van der Waals surface area contributed by atoms with Crippen LogP contribution < -0.4 is 16.4 Å². The van der Waals surface area contributed by atoms with E-state index < -0.39 is 0 Å². The van der Waals surface area contributed by atoms with Crippen molar-refractivity contribution in [2.75, 3.05) is 29.5 Å². The molecule has 4 N–H and O–H groups in total. The number of nitrogens with two attached hydrogens (primary N) is 1. The summed E-state index contributed by atoms with van der Waals surface area (Å²) in [5.74, 6) is 1.73. The second-order valence-electron chi connectivity index (χ2n) is 4.07. The number of nitrogen functional groups attached to an aromatic ring is 1. The van der Waals surface area contributed by atoms with E-state index in [1.165, 1.54) is 5.56 Å². The smallest absolute Gasteiger partial charge is 0.223 e. The summed E-state index contributed by atoms with van der Waals surface area (Å²) in [4.78, 5) is 12.3. The van der Waals surface area contributed by atoms with Gasteiger partial charge in [-0.25, -0.2) is 0 Å². The Morgan fingerprint density at radius 2 is 2.00 bits per heavy atom. The van der Waals surface area contributed by atoms with Gasteiger partial charge in [0.05, 0.1) is 0 Å². The maximum absolute atomic E-state index is 5.66. The van der Waals surface area contributed by atoms with Gasteiger partial charge in [-0.3, -0.25) is 4.98 Å². The lowest BCUT2D eigenvalue weighted by Gasteiger charge is -2.08. The molecule has 0 atom stereocenters. The van der Waals surface area contributed by atoms with E-state index in [4.69, 9.17) is 5.73 Å². The average Bonchev–Trinajstić information content (AvgIpc) is 2.40. The van der Waals surface area contributed by atoms with Gasteiger partial charge in [0, 0.05) is 31.5 Å². The first kappa shape index (κ1) is 13.1. The fourth-order valence-electron chi connectivity index (χ4n) is 1.71. The molecule has 0 saturated carbocycles. The maximum atomic E-state index is 5.66. The summed E-state index contributed by atoms with van der Waals surface area (Å²) < 4.78 is 0. The van der Waals surface area contributed by atoms with Crippen LogP contribution in [0.1, 0.15) is 12.5 Å². The Labute approximate surface area is 112 Å². The van der Waals surface area contributed by atoms with Crippen LogP contribution >= 0.6 is 0 Å². The number of aromatic nitrogens is 3. The van der Waals surface area contributed by atoms with Gasteiger partial charge in [0.15, 0.2) is 0 Å². The minimum Gasteiger partial charge on any atom is -0.370 e. The van der Waals surface area contributed by atoms with E-state index in [-0.39, 0.29) is 5.95 Å². The summed E-state index contributed by atoms with van der Waals surface area (Å²) in [6.45, 7) is 3.58. The zero-order chi connectivity index (χ0) is 13.5. The predicted octanol–water partition coefficient (Wildman–Crippen LogP) is 1.54. The van der Waals surface area contributed by atoms with E-state index in [0.717, 1.165) is 31.1 Å². The second-order valence-corrected chi connectivity index (χ2v) is 4.07. The molecule has 0 fully saturated rings. The molecule has 0 aliphatic rings.